The van der Waals surface area contributed by atoms with Crippen LogP contribution in [-0.2, 0) is 4.79 Å². The third-order valence-electron chi connectivity index (χ3n) is 2.05. The monoisotopic (exact) mass is 232 g/mol. The lowest BCUT2D eigenvalue weighted by atomic mass is 10.1. The van der Waals surface area contributed by atoms with Crippen molar-refractivity contribution in [3.63, 3.8) is 0 Å². The lowest BCUT2D eigenvalue weighted by molar-refractivity contribution is -0.752. The second kappa shape index (κ2) is 4.08. The van der Waals surface area contributed by atoms with E-state index in [0.29, 0.717) is 19.1 Å². The van der Waals surface area contributed by atoms with Crippen molar-refractivity contribution in [2.45, 2.75) is 19.8 Å². The van der Waals surface area contributed by atoms with Gasteiger partial charge in [0.2, 0.25) is 18.1 Å². The van der Waals surface area contributed by atoms with E-state index in [-0.39, 0.29) is 17.1 Å². The Morgan fingerprint density at radius 1 is 1.67 bits per heavy atom. The van der Waals surface area contributed by atoms with Gasteiger partial charge in [0.25, 0.3) is 5.70 Å². The molecule has 0 aromatic carbocycles. The molecule has 1 aliphatic heterocycles. The molecule has 1 rings (SSSR count). The largest absolute Gasteiger partial charge is 0.363 e. The molecule has 7 heteroatoms. The molecule has 6 nitrogen and oxygen atoms in total. The van der Waals surface area contributed by atoms with Crippen molar-refractivity contribution >= 4 is 23.8 Å². The first-order chi connectivity index (χ1) is 6.94. The number of quaternary nitrogens is 1. The maximum absolute atomic E-state index is 10.8. The lowest BCUT2D eigenvalue weighted by Crippen LogP contribution is -2.24. The molecule has 1 atom stereocenters. The molecule has 0 aliphatic carbocycles. The van der Waals surface area contributed by atoms with Crippen molar-refractivity contribution in [2.24, 2.45) is 5.10 Å². The summed E-state index contributed by atoms with van der Waals surface area (Å²) >= 11 is 5.86. The second-order valence-electron chi connectivity index (χ2n) is 3.26. The molecule has 0 N–H and O–H groups in total. The molecular formula is C8H11ClN3O3+. The third kappa shape index (κ3) is 2.05. The Balaban J connectivity index is 3.26. The highest BCUT2D eigenvalue weighted by molar-refractivity contribution is 6.12. The van der Waals surface area contributed by atoms with Crippen LogP contribution >= 0.6 is 11.8 Å². The highest BCUT2D eigenvalue weighted by Crippen LogP contribution is 2.30. The average molecular weight is 233 g/mol. The van der Waals surface area contributed by atoms with E-state index in [0.717, 1.165) is 0 Å². The van der Waals surface area contributed by atoms with E-state index in [1.807, 2.05) is 6.92 Å². The van der Waals surface area contributed by atoms with Gasteiger partial charge in [-0.15, -0.1) is 0 Å². The van der Waals surface area contributed by atoms with E-state index in [4.69, 9.17) is 11.8 Å². The van der Waals surface area contributed by atoms with Gasteiger partial charge in [0, 0.05) is 6.42 Å². The number of hydrogen-bond acceptors (Lipinski definition) is 4. The number of halogens is 1. The van der Waals surface area contributed by atoms with Crippen molar-refractivity contribution in [1.82, 2.24) is 0 Å². The number of rotatable bonds is 4. The standard InChI is InChI=1S/C8H11ClN3O3/c1-3-4-6-8(11(14)15)7(5-13)12(2,9)10-6/h5H,3-4H2,1-2H3/q+1. The van der Waals surface area contributed by atoms with Crippen molar-refractivity contribution in [1.29, 1.82) is 0 Å². The van der Waals surface area contributed by atoms with Crippen LogP contribution in [0.1, 0.15) is 19.8 Å². The molecule has 15 heavy (non-hydrogen) atoms. The molecule has 0 fully saturated rings. The Bertz CT molecular complexity index is 373. The minimum atomic E-state index is -0.616. The summed E-state index contributed by atoms with van der Waals surface area (Å²) in [5, 5.41) is 14.7. The normalized spacial score (nSPS) is 25.4. The Hall–Kier alpha value is -1.27. The van der Waals surface area contributed by atoms with E-state index in [1.54, 1.807) is 0 Å². The maximum atomic E-state index is 10.8. The number of carbonyl (C=O) groups is 1. The molecule has 1 aliphatic rings. The summed E-state index contributed by atoms with van der Waals surface area (Å²) in [6.45, 7) is 1.87. The summed E-state index contributed by atoms with van der Waals surface area (Å²) in [7, 11) is 1.41. The van der Waals surface area contributed by atoms with Gasteiger partial charge in [0.05, 0.1) is 4.92 Å². The van der Waals surface area contributed by atoms with Gasteiger partial charge in [-0.3, -0.25) is 14.9 Å². The Morgan fingerprint density at radius 2 is 2.27 bits per heavy atom. The molecule has 0 bridgehead atoms. The number of carbonyl (C=O) groups excluding carboxylic acids is 1. The van der Waals surface area contributed by atoms with Crippen molar-refractivity contribution in [3.8, 4) is 0 Å². The Kier molecular flexibility index (Phi) is 3.21. The van der Waals surface area contributed by atoms with E-state index in [2.05, 4.69) is 5.10 Å². The van der Waals surface area contributed by atoms with E-state index in [9.17, 15) is 14.9 Å². The van der Waals surface area contributed by atoms with Crippen LogP contribution in [0.3, 0.4) is 0 Å². The number of hydrogen-bond donors (Lipinski definition) is 0. The summed E-state index contributed by atoms with van der Waals surface area (Å²) in [6.07, 6.45) is 1.53. The quantitative estimate of drug-likeness (QED) is 0.319. The second-order valence-corrected chi connectivity index (χ2v) is 3.92. The van der Waals surface area contributed by atoms with Gasteiger partial charge in [0.15, 0.2) is 5.71 Å². The summed E-state index contributed by atoms with van der Waals surface area (Å²) in [5.74, 6) is 0. The molecule has 0 radical (unpaired) electrons. The van der Waals surface area contributed by atoms with E-state index in [1.165, 1.54) is 7.05 Å². The molecule has 1 heterocycles. The highest BCUT2D eigenvalue weighted by atomic mass is 35.5. The molecule has 0 amide bonds. The molecule has 1 unspecified atom stereocenters. The van der Waals surface area contributed by atoms with E-state index >= 15 is 0 Å². The van der Waals surface area contributed by atoms with E-state index < -0.39 is 9.03 Å². The average Bonchev–Trinajstić information content (AvgIpc) is 2.36. The molecule has 0 saturated heterocycles. The van der Waals surface area contributed by atoms with Crippen LogP contribution < -0.4 is 0 Å². The zero-order valence-corrected chi connectivity index (χ0v) is 9.19. The zero-order chi connectivity index (χ0) is 11.6. The molecular weight excluding hydrogens is 222 g/mol. The minimum Gasteiger partial charge on any atom is -0.291 e. The highest BCUT2D eigenvalue weighted by Gasteiger charge is 2.46. The smallest absolute Gasteiger partial charge is 0.291 e. The van der Waals surface area contributed by atoms with Crippen LogP contribution in [0.15, 0.2) is 16.5 Å². The molecule has 0 spiro atoms. The van der Waals surface area contributed by atoms with Gasteiger partial charge in [-0.1, -0.05) is 22.6 Å². The summed E-state index contributed by atoms with van der Waals surface area (Å²) in [6, 6.07) is 0. The van der Waals surface area contributed by atoms with Gasteiger partial charge < -0.3 is 0 Å². The van der Waals surface area contributed by atoms with Crippen LogP contribution in [-0.4, -0.2) is 28.1 Å². The molecule has 0 aromatic rings. The fourth-order valence-electron chi connectivity index (χ4n) is 1.43. The van der Waals surface area contributed by atoms with Crippen LogP contribution in [0, 0.1) is 10.1 Å². The van der Waals surface area contributed by atoms with Gasteiger partial charge in [-0.05, 0) is 0 Å². The van der Waals surface area contributed by atoms with Crippen LogP contribution in [0.2, 0.25) is 0 Å². The number of nitro groups is 1. The maximum Gasteiger partial charge on any atom is 0.363 e. The molecule has 0 saturated carbocycles. The summed E-state index contributed by atoms with van der Waals surface area (Å²) in [4.78, 5) is 20.9. The first kappa shape index (κ1) is 11.8. The third-order valence-corrected chi connectivity index (χ3v) is 2.30. The Labute approximate surface area is 91.7 Å². The topological polar surface area (TPSA) is 72.6 Å². The summed E-state index contributed by atoms with van der Waals surface area (Å²) < 4.78 is -0.616. The summed E-state index contributed by atoms with van der Waals surface area (Å²) in [5.41, 5.74) is -0.100. The van der Waals surface area contributed by atoms with Crippen molar-refractivity contribution < 1.29 is 13.8 Å². The van der Waals surface area contributed by atoms with Crippen LogP contribution in [0.25, 0.3) is 0 Å². The predicted molar refractivity (Wildman–Crippen MR) is 54.5 cm³/mol. The van der Waals surface area contributed by atoms with Gasteiger partial charge >= 0.3 is 5.70 Å². The number of aldehydes is 1. The van der Waals surface area contributed by atoms with Crippen molar-refractivity contribution in [3.05, 3.63) is 21.5 Å². The zero-order valence-electron chi connectivity index (χ0n) is 8.44. The molecule has 82 valence electrons. The fourth-order valence-corrected chi connectivity index (χ4v) is 1.64. The first-order valence-corrected chi connectivity index (χ1v) is 4.78. The van der Waals surface area contributed by atoms with Gasteiger partial charge in [-0.25, -0.2) is 0 Å². The van der Waals surface area contributed by atoms with Crippen LogP contribution in [0.5, 0.6) is 0 Å². The number of nitrogens with zero attached hydrogens (tertiary/aromatic N) is 3. The number of likely N-dealkylation sites (N-methyl/N-ethyl adjacent to an activating group) is 1. The van der Waals surface area contributed by atoms with Gasteiger partial charge in [-0.2, -0.15) is 0 Å². The number of allylic oxidation sites excluding steroid dienone is 2. The predicted octanol–water partition coefficient (Wildman–Crippen LogP) is 1.44. The minimum absolute atomic E-state index is 0.120. The van der Waals surface area contributed by atoms with Crippen LogP contribution in [0.4, 0.5) is 0 Å². The SMILES string of the molecule is CCCC1=N[N+](C)(Cl)C(C=O)=C1[N+](=O)[O-]. The van der Waals surface area contributed by atoms with Crippen molar-refractivity contribution in [2.75, 3.05) is 7.05 Å². The first-order valence-electron chi connectivity index (χ1n) is 4.44. The Morgan fingerprint density at radius 3 is 2.67 bits per heavy atom. The fraction of sp³-hybridized carbons (Fsp3) is 0.500. The molecule has 0 aromatic heterocycles. The lowest BCUT2D eigenvalue weighted by Gasteiger charge is -2.08. The van der Waals surface area contributed by atoms with Gasteiger partial charge in [0.1, 0.15) is 7.05 Å².